The first-order valence-corrected chi connectivity index (χ1v) is 8.94. The summed E-state index contributed by atoms with van der Waals surface area (Å²) in [6, 6.07) is 12.2. The smallest absolute Gasteiger partial charge is 0.326 e. The highest BCUT2D eigenvalue weighted by Crippen LogP contribution is 2.30. The monoisotopic (exact) mass is 364 g/mol. The van der Waals surface area contributed by atoms with Gasteiger partial charge < -0.3 is 10.0 Å². The van der Waals surface area contributed by atoms with Crippen molar-refractivity contribution in [2.75, 3.05) is 0 Å². The first-order valence-electron chi connectivity index (χ1n) is 8.94. The molecule has 7 heteroatoms. The summed E-state index contributed by atoms with van der Waals surface area (Å²) >= 11 is 0. The van der Waals surface area contributed by atoms with Crippen LogP contribution in [-0.2, 0) is 4.79 Å². The van der Waals surface area contributed by atoms with Crippen LogP contribution in [0.15, 0.2) is 42.5 Å². The van der Waals surface area contributed by atoms with Gasteiger partial charge in [-0.1, -0.05) is 18.2 Å². The number of amides is 1. The Labute approximate surface area is 156 Å². The lowest BCUT2D eigenvalue weighted by molar-refractivity contribution is -0.141. The van der Waals surface area contributed by atoms with Gasteiger partial charge in [0.2, 0.25) is 0 Å². The van der Waals surface area contributed by atoms with Gasteiger partial charge in [0, 0.05) is 11.4 Å². The molecule has 1 N–H and O–H groups in total. The first kappa shape index (κ1) is 17.2. The Bertz CT molecular complexity index is 1020. The fraction of sp³-hybridized carbons (Fsp3) is 0.300. The molecule has 0 spiro atoms. The van der Waals surface area contributed by atoms with E-state index in [1.165, 1.54) is 11.8 Å². The molecule has 1 amide bonds. The second kappa shape index (κ2) is 6.50. The van der Waals surface area contributed by atoms with Crippen LogP contribution >= 0.6 is 0 Å². The van der Waals surface area contributed by atoms with Crippen molar-refractivity contribution >= 4 is 22.9 Å². The Hall–Kier alpha value is -3.22. The third kappa shape index (κ3) is 3.05. The van der Waals surface area contributed by atoms with Crippen LogP contribution in [-0.4, -0.2) is 48.7 Å². The highest BCUT2D eigenvalue weighted by atomic mass is 16.4. The zero-order valence-electron chi connectivity index (χ0n) is 15.2. The van der Waals surface area contributed by atoms with Crippen LogP contribution in [0.25, 0.3) is 16.7 Å². The van der Waals surface area contributed by atoms with Crippen LogP contribution in [0.2, 0.25) is 0 Å². The van der Waals surface area contributed by atoms with E-state index >= 15 is 0 Å². The molecule has 4 rings (SSSR count). The highest BCUT2D eigenvalue weighted by Gasteiger charge is 2.39. The minimum atomic E-state index is -1.01. The molecular formula is C20H20N4O3. The molecule has 0 saturated heterocycles. The maximum Gasteiger partial charge on any atom is 0.326 e. The Morgan fingerprint density at radius 2 is 1.89 bits per heavy atom. The summed E-state index contributed by atoms with van der Waals surface area (Å²) < 4.78 is 1.71. The lowest BCUT2D eigenvalue weighted by Crippen LogP contribution is -2.45. The number of carboxylic acids is 1. The van der Waals surface area contributed by atoms with Gasteiger partial charge in [-0.3, -0.25) is 4.79 Å². The summed E-state index contributed by atoms with van der Waals surface area (Å²) in [5.74, 6) is -1.37. The fourth-order valence-electron chi connectivity index (χ4n) is 3.27. The van der Waals surface area contributed by atoms with E-state index in [4.69, 9.17) is 0 Å². The number of aryl methyl sites for hydroxylation is 1. The maximum atomic E-state index is 13.0. The van der Waals surface area contributed by atoms with Crippen LogP contribution in [0, 0.1) is 6.92 Å². The number of pyridine rings is 1. The molecule has 138 valence electrons. The lowest BCUT2D eigenvalue weighted by Gasteiger charge is -2.26. The molecule has 1 aliphatic carbocycles. The van der Waals surface area contributed by atoms with Gasteiger partial charge in [0.25, 0.3) is 5.91 Å². The average molecular weight is 364 g/mol. The van der Waals surface area contributed by atoms with Crippen molar-refractivity contribution in [2.45, 2.75) is 38.8 Å². The molecular weight excluding hydrogens is 344 g/mol. The van der Waals surface area contributed by atoms with E-state index in [2.05, 4.69) is 10.1 Å². The van der Waals surface area contributed by atoms with Crippen LogP contribution in [0.5, 0.6) is 0 Å². The van der Waals surface area contributed by atoms with E-state index < -0.39 is 12.0 Å². The maximum absolute atomic E-state index is 13.0. The number of carboxylic acid groups (broad SMARTS) is 1. The molecule has 7 nitrogen and oxygen atoms in total. The number of carbonyl (C=O) groups is 2. The molecule has 0 aliphatic heterocycles. The normalized spacial score (nSPS) is 14.9. The zero-order valence-corrected chi connectivity index (χ0v) is 15.2. The van der Waals surface area contributed by atoms with Gasteiger partial charge in [0.1, 0.15) is 11.7 Å². The predicted octanol–water partition coefficient (Wildman–Crippen LogP) is 2.81. The molecule has 27 heavy (non-hydrogen) atoms. The third-order valence-electron chi connectivity index (χ3n) is 4.88. The van der Waals surface area contributed by atoms with Crippen molar-refractivity contribution in [3.63, 3.8) is 0 Å². The Balaban J connectivity index is 1.79. The van der Waals surface area contributed by atoms with Gasteiger partial charge in [-0.2, -0.15) is 5.10 Å². The number of carbonyl (C=O) groups excluding carboxylic acids is 1. The minimum absolute atomic E-state index is 0.0260. The summed E-state index contributed by atoms with van der Waals surface area (Å²) in [4.78, 5) is 30.5. The van der Waals surface area contributed by atoms with Crippen LogP contribution in [0.1, 0.15) is 35.9 Å². The van der Waals surface area contributed by atoms with Gasteiger partial charge in [-0.05, 0) is 51.0 Å². The van der Waals surface area contributed by atoms with E-state index in [1.54, 1.807) is 10.7 Å². The summed E-state index contributed by atoms with van der Waals surface area (Å²) in [6.45, 7) is 3.43. The average Bonchev–Trinajstić information content (AvgIpc) is 3.45. The van der Waals surface area contributed by atoms with Gasteiger partial charge in [-0.15, -0.1) is 0 Å². The van der Waals surface area contributed by atoms with Crippen molar-refractivity contribution in [2.24, 2.45) is 0 Å². The van der Waals surface area contributed by atoms with Crippen molar-refractivity contribution in [1.82, 2.24) is 19.7 Å². The van der Waals surface area contributed by atoms with E-state index in [1.807, 2.05) is 43.3 Å². The van der Waals surface area contributed by atoms with Crippen molar-refractivity contribution < 1.29 is 14.7 Å². The van der Waals surface area contributed by atoms with Gasteiger partial charge >= 0.3 is 5.97 Å². The molecule has 2 aromatic heterocycles. The van der Waals surface area contributed by atoms with E-state index in [0.717, 1.165) is 29.6 Å². The molecule has 0 radical (unpaired) electrons. The van der Waals surface area contributed by atoms with Crippen LogP contribution in [0.3, 0.4) is 0 Å². The number of aliphatic carboxylic acids is 1. The van der Waals surface area contributed by atoms with Crippen molar-refractivity contribution in [3.05, 3.63) is 53.9 Å². The molecule has 3 aromatic rings. The first-order chi connectivity index (χ1) is 13.0. The quantitative estimate of drug-likeness (QED) is 0.752. The number of fused-ring (bicyclic) bond motifs is 1. The SMILES string of the molecule is Cc1nn(-c2ccccc2)c2nc(C(=O)N(C3CC3)C(C)C(=O)O)ccc12. The minimum Gasteiger partial charge on any atom is -0.480 e. The number of rotatable bonds is 5. The summed E-state index contributed by atoms with van der Waals surface area (Å²) in [6.07, 6.45) is 1.65. The summed E-state index contributed by atoms with van der Waals surface area (Å²) in [7, 11) is 0. The summed E-state index contributed by atoms with van der Waals surface area (Å²) in [5, 5.41) is 14.8. The molecule has 1 unspecified atom stereocenters. The topological polar surface area (TPSA) is 88.3 Å². The van der Waals surface area contributed by atoms with E-state index in [0.29, 0.717) is 5.65 Å². The second-order valence-corrected chi connectivity index (χ2v) is 6.86. The van der Waals surface area contributed by atoms with E-state index in [9.17, 15) is 14.7 Å². The highest BCUT2D eigenvalue weighted by molar-refractivity contribution is 5.97. The number of para-hydroxylation sites is 1. The van der Waals surface area contributed by atoms with Gasteiger partial charge in [0.05, 0.1) is 11.4 Å². The Morgan fingerprint density at radius 1 is 1.19 bits per heavy atom. The van der Waals surface area contributed by atoms with Crippen LogP contribution in [0.4, 0.5) is 0 Å². The molecule has 0 bridgehead atoms. The summed E-state index contributed by atoms with van der Waals surface area (Å²) in [5.41, 5.74) is 2.49. The second-order valence-electron chi connectivity index (χ2n) is 6.86. The van der Waals surface area contributed by atoms with Gasteiger partial charge in [-0.25, -0.2) is 14.5 Å². The van der Waals surface area contributed by atoms with Crippen molar-refractivity contribution in [1.29, 1.82) is 0 Å². The largest absolute Gasteiger partial charge is 0.480 e. The third-order valence-corrected chi connectivity index (χ3v) is 4.88. The Morgan fingerprint density at radius 3 is 2.52 bits per heavy atom. The van der Waals surface area contributed by atoms with Crippen LogP contribution < -0.4 is 0 Å². The fourth-order valence-corrected chi connectivity index (χ4v) is 3.27. The van der Waals surface area contributed by atoms with E-state index in [-0.39, 0.29) is 17.6 Å². The standard InChI is InChI=1S/C20H20N4O3/c1-12-16-10-11-17(19(25)23(14-8-9-14)13(2)20(26)27)21-18(16)24(22-12)15-6-4-3-5-7-15/h3-7,10-11,13-14H,8-9H2,1-2H3,(H,26,27). The van der Waals surface area contributed by atoms with Gasteiger partial charge in [0.15, 0.2) is 5.65 Å². The lowest BCUT2D eigenvalue weighted by atomic mass is 10.2. The molecule has 1 saturated carbocycles. The molecule has 2 heterocycles. The molecule has 1 aliphatic rings. The number of hydrogen-bond donors (Lipinski definition) is 1. The number of hydrogen-bond acceptors (Lipinski definition) is 4. The zero-order chi connectivity index (χ0) is 19.1. The number of benzene rings is 1. The number of nitrogens with zero attached hydrogens (tertiary/aromatic N) is 4. The molecule has 1 atom stereocenters. The molecule has 1 aromatic carbocycles. The van der Waals surface area contributed by atoms with Crippen molar-refractivity contribution in [3.8, 4) is 5.69 Å². The molecule has 1 fully saturated rings. The predicted molar refractivity (Wildman–Crippen MR) is 99.9 cm³/mol. The number of aromatic nitrogens is 3. The Kier molecular flexibility index (Phi) is 4.14.